The summed E-state index contributed by atoms with van der Waals surface area (Å²) in [4.78, 5) is 31.0. The Morgan fingerprint density at radius 3 is 2.81 bits per heavy atom. The van der Waals surface area contributed by atoms with Gasteiger partial charge in [0.1, 0.15) is 24.0 Å². The van der Waals surface area contributed by atoms with Crippen LogP contribution >= 0.6 is 0 Å². The lowest BCUT2D eigenvalue weighted by Gasteiger charge is -2.26. The molecule has 1 aromatic carbocycles. The van der Waals surface area contributed by atoms with E-state index < -0.39 is 0 Å². The van der Waals surface area contributed by atoms with Crippen LogP contribution in [0.2, 0.25) is 0 Å². The second-order valence-electron chi connectivity index (χ2n) is 6.11. The number of hydrogen-bond acceptors (Lipinski definition) is 5. The number of benzene rings is 1. The lowest BCUT2D eigenvalue weighted by molar-refractivity contribution is -0.132. The van der Waals surface area contributed by atoms with E-state index in [1.54, 1.807) is 26.1 Å². The molecule has 0 N–H and O–H groups in total. The zero-order valence-corrected chi connectivity index (χ0v) is 15.2. The van der Waals surface area contributed by atoms with Gasteiger partial charge < -0.3 is 9.64 Å². The average Bonchev–Trinajstić information content (AvgIpc) is 3.04. The molecule has 0 bridgehead atoms. The highest BCUT2D eigenvalue weighted by atomic mass is 16.5. The summed E-state index contributed by atoms with van der Waals surface area (Å²) in [5, 5.41) is 4.42. The molecule has 26 heavy (non-hydrogen) atoms. The molecule has 0 saturated heterocycles. The minimum absolute atomic E-state index is 0.0906. The molecule has 0 saturated carbocycles. The highest BCUT2D eigenvalue weighted by molar-refractivity contribution is 5.77. The van der Waals surface area contributed by atoms with Crippen molar-refractivity contribution in [3.05, 3.63) is 52.7 Å². The molecule has 1 atom stereocenters. The zero-order valence-electron chi connectivity index (χ0n) is 15.2. The number of rotatable bonds is 5. The first-order valence-corrected chi connectivity index (χ1v) is 8.19. The highest BCUT2D eigenvalue weighted by Crippen LogP contribution is 2.28. The van der Waals surface area contributed by atoms with Crippen LogP contribution in [0.4, 0.5) is 0 Å². The average molecular weight is 355 g/mol. The van der Waals surface area contributed by atoms with Crippen molar-refractivity contribution < 1.29 is 9.53 Å². The molecule has 3 aromatic rings. The summed E-state index contributed by atoms with van der Waals surface area (Å²) in [5.74, 6) is 0.519. The fourth-order valence-electron chi connectivity index (χ4n) is 2.87. The molecule has 8 heteroatoms. The summed E-state index contributed by atoms with van der Waals surface area (Å²) in [7, 11) is 5.02. The van der Waals surface area contributed by atoms with Crippen LogP contribution in [0, 0.1) is 0 Å². The van der Waals surface area contributed by atoms with Crippen LogP contribution in [0.5, 0.6) is 5.75 Å². The van der Waals surface area contributed by atoms with E-state index in [1.165, 1.54) is 21.8 Å². The summed E-state index contributed by atoms with van der Waals surface area (Å²) in [6, 6.07) is 7.35. The summed E-state index contributed by atoms with van der Waals surface area (Å²) >= 11 is 0. The first kappa shape index (κ1) is 17.7. The smallest absolute Gasteiger partial charge is 0.264 e. The van der Waals surface area contributed by atoms with Crippen LogP contribution in [0.15, 0.2) is 41.6 Å². The molecule has 0 fully saturated rings. The summed E-state index contributed by atoms with van der Waals surface area (Å²) in [5.41, 5.74) is 1.11. The SMILES string of the molecule is COc1ccccc1C(C)N(C)C(=O)Cn1cnc2c(cnn2C)c1=O. The molecule has 8 nitrogen and oxygen atoms in total. The lowest BCUT2D eigenvalue weighted by atomic mass is 10.1. The van der Waals surface area contributed by atoms with Crippen LogP contribution in [0.3, 0.4) is 0 Å². The molecule has 0 radical (unpaired) electrons. The van der Waals surface area contributed by atoms with Gasteiger partial charge in [0.25, 0.3) is 5.56 Å². The molecular formula is C18H21N5O3. The molecule has 2 heterocycles. The maximum Gasteiger partial charge on any atom is 0.264 e. The van der Waals surface area contributed by atoms with Crippen molar-refractivity contribution in [1.29, 1.82) is 0 Å². The quantitative estimate of drug-likeness (QED) is 0.690. The lowest BCUT2D eigenvalue weighted by Crippen LogP contribution is -2.35. The van der Waals surface area contributed by atoms with E-state index in [2.05, 4.69) is 10.1 Å². The minimum Gasteiger partial charge on any atom is -0.496 e. The third-order valence-corrected chi connectivity index (χ3v) is 4.59. The van der Waals surface area contributed by atoms with E-state index in [4.69, 9.17) is 4.74 Å². The molecular weight excluding hydrogens is 334 g/mol. The number of likely N-dealkylation sites (N-methyl/N-ethyl adjacent to an activating group) is 1. The van der Waals surface area contributed by atoms with Gasteiger partial charge in [-0.05, 0) is 13.0 Å². The highest BCUT2D eigenvalue weighted by Gasteiger charge is 2.21. The number of hydrogen-bond donors (Lipinski definition) is 0. The molecule has 0 aliphatic rings. The van der Waals surface area contributed by atoms with Crippen LogP contribution in [-0.2, 0) is 18.4 Å². The summed E-state index contributed by atoms with van der Waals surface area (Å²) < 4.78 is 8.20. The first-order valence-electron chi connectivity index (χ1n) is 8.19. The largest absolute Gasteiger partial charge is 0.496 e. The van der Waals surface area contributed by atoms with E-state index in [1.807, 2.05) is 31.2 Å². The van der Waals surface area contributed by atoms with E-state index in [9.17, 15) is 9.59 Å². The van der Waals surface area contributed by atoms with E-state index in [0.29, 0.717) is 11.0 Å². The van der Waals surface area contributed by atoms with Crippen LogP contribution in [0.1, 0.15) is 18.5 Å². The molecule has 0 spiro atoms. The minimum atomic E-state index is -0.283. The maximum atomic E-state index is 12.7. The Balaban J connectivity index is 1.83. The number of methoxy groups -OCH3 is 1. The topological polar surface area (TPSA) is 82.2 Å². The van der Waals surface area contributed by atoms with Gasteiger partial charge in [0.2, 0.25) is 5.91 Å². The maximum absolute atomic E-state index is 12.7. The van der Waals surface area contributed by atoms with Gasteiger partial charge >= 0.3 is 0 Å². The number of carbonyl (C=O) groups is 1. The van der Waals surface area contributed by atoms with Gasteiger partial charge in [0.05, 0.1) is 19.3 Å². The van der Waals surface area contributed by atoms with Gasteiger partial charge in [-0.1, -0.05) is 18.2 Å². The van der Waals surface area contributed by atoms with Crippen molar-refractivity contribution in [3.8, 4) is 5.75 Å². The molecule has 3 rings (SSSR count). The fourth-order valence-corrected chi connectivity index (χ4v) is 2.87. The van der Waals surface area contributed by atoms with Crippen LogP contribution in [0.25, 0.3) is 11.0 Å². The first-order chi connectivity index (χ1) is 12.4. The van der Waals surface area contributed by atoms with Gasteiger partial charge in [-0.2, -0.15) is 5.10 Å². The normalized spacial score (nSPS) is 12.2. The van der Waals surface area contributed by atoms with Crippen molar-refractivity contribution >= 4 is 16.9 Å². The molecule has 136 valence electrons. The standard InChI is InChI=1S/C18H21N5O3/c1-12(13-7-5-6-8-15(13)26-4)21(2)16(24)10-23-11-19-17-14(18(23)25)9-20-22(17)3/h5-9,11-12H,10H2,1-4H3. The number of aromatic nitrogens is 4. The van der Waals surface area contributed by atoms with Crippen molar-refractivity contribution in [1.82, 2.24) is 24.2 Å². The second-order valence-corrected chi connectivity index (χ2v) is 6.11. The molecule has 1 amide bonds. The number of carbonyl (C=O) groups excluding carboxylic acids is 1. The van der Waals surface area contributed by atoms with Gasteiger partial charge in [-0.25, -0.2) is 4.98 Å². The van der Waals surface area contributed by atoms with E-state index in [0.717, 1.165) is 11.3 Å². The number of ether oxygens (including phenoxy) is 1. The summed E-state index contributed by atoms with van der Waals surface area (Å²) in [6.07, 6.45) is 2.85. The van der Waals surface area contributed by atoms with Gasteiger partial charge in [-0.15, -0.1) is 0 Å². The summed E-state index contributed by atoms with van der Waals surface area (Å²) in [6.45, 7) is 1.83. The Labute approximate surface area is 150 Å². The predicted octanol–water partition coefficient (Wildman–Crippen LogP) is 1.36. The van der Waals surface area contributed by atoms with Crippen molar-refractivity contribution in [2.24, 2.45) is 7.05 Å². The van der Waals surface area contributed by atoms with Crippen LogP contribution < -0.4 is 10.3 Å². The third-order valence-electron chi connectivity index (χ3n) is 4.59. The van der Waals surface area contributed by atoms with Gasteiger partial charge in [0, 0.05) is 19.7 Å². The number of fused-ring (bicyclic) bond motifs is 1. The Hall–Kier alpha value is -3.16. The van der Waals surface area contributed by atoms with Gasteiger partial charge in [0.15, 0.2) is 5.65 Å². The van der Waals surface area contributed by atoms with E-state index >= 15 is 0 Å². The Morgan fingerprint density at radius 1 is 1.35 bits per heavy atom. The molecule has 1 unspecified atom stereocenters. The zero-order chi connectivity index (χ0) is 18.8. The van der Waals surface area contributed by atoms with E-state index in [-0.39, 0.29) is 24.1 Å². The Morgan fingerprint density at radius 2 is 2.08 bits per heavy atom. The van der Waals surface area contributed by atoms with Crippen molar-refractivity contribution in [3.63, 3.8) is 0 Å². The number of aryl methyl sites for hydroxylation is 1. The van der Waals surface area contributed by atoms with Crippen LogP contribution in [-0.4, -0.2) is 44.3 Å². The van der Waals surface area contributed by atoms with Crippen molar-refractivity contribution in [2.75, 3.05) is 14.2 Å². The number of nitrogens with zero attached hydrogens (tertiary/aromatic N) is 5. The number of para-hydroxylation sites is 1. The molecule has 0 aliphatic heterocycles. The number of amides is 1. The molecule has 0 aliphatic carbocycles. The third kappa shape index (κ3) is 3.05. The Bertz CT molecular complexity index is 1010. The Kier molecular flexibility index (Phi) is 4.75. The monoisotopic (exact) mass is 355 g/mol. The van der Waals surface area contributed by atoms with Crippen molar-refractivity contribution in [2.45, 2.75) is 19.5 Å². The predicted molar refractivity (Wildman–Crippen MR) is 96.9 cm³/mol. The van der Waals surface area contributed by atoms with Gasteiger partial charge in [-0.3, -0.25) is 18.8 Å². The molecule has 2 aromatic heterocycles. The second kappa shape index (κ2) is 6.99. The fraction of sp³-hybridized carbons (Fsp3) is 0.333.